The Kier molecular flexibility index (Phi) is 4.05. The summed E-state index contributed by atoms with van der Waals surface area (Å²) in [6.45, 7) is 7.61. The third-order valence-corrected chi connectivity index (χ3v) is 4.66. The first kappa shape index (κ1) is 14.2. The molecule has 19 heavy (non-hydrogen) atoms. The average Bonchev–Trinajstić information content (AvgIpc) is 2.82. The molecule has 1 unspecified atom stereocenters. The molecule has 0 aliphatic rings. The number of halogens is 1. The molecule has 2 rings (SSSR count). The predicted molar refractivity (Wildman–Crippen MR) is 79.6 cm³/mol. The van der Waals surface area contributed by atoms with E-state index in [-0.39, 0.29) is 11.9 Å². The lowest BCUT2D eigenvalue weighted by molar-refractivity contribution is -0.119. The SMILES string of the molecule is Cc1nn(C(C)C(=O)Nc2nc(C)c(C)s2)cc1Br. The zero-order chi connectivity index (χ0) is 14.2. The molecule has 0 aliphatic carbocycles. The van der Waals surface area contributed by atoms with Gasteiger partial charge in [0.05, 0.1) is 15.9 Å². The number of thiazole rings is 1. The number of hydrogen-bond donors (Lipinski definition) is 1. The number of carbonyl (C=O) groups excluding carboxylic acids is 1. The Morgan fingerprint density at radius 3 is 2.58 bits per heavy atom. The topological polar surface area (TPSA) is 59.8 Å². The minimum absolute atomic E-state index is 0.122. The number of hydrogen-bond acceptors (Lipinski definition) is 4. The van der Waals surface area contributed by atoms with Gasteiger partial charge in [-0.15, -0.1) is 11.3 Å². The van der Waals surface area contributed by atoms with E-state index in [1.165, 1.54) is 11.3 Å². The minimum atomic E-state index is -0.380. The number of rotatable bonds is 3. The number of nitrogens with one attached hydrogen (secondary N) is 1. The minimum Gasteiger partial charge on any atom is -0.300 e. The van der Waals surface area contributed by atoms with Crippen molar-refractivity contribution in [3.63, 3.8) is 0 Å². The molecule has 0 radical (unpaired) electrons. The van der Waals surface area contributed by atoms with Gasteiger partial charge in [-0.2, -0.15) is 5.10 Å². The molecule has 0 bridgehead atoms. The fraction of sp³-hybridized carbons (Fsp3) is 0.417. The molecule has 1 N–H and O–H groups in total. The molecule has 7 heteroatoms. The summed E-state index contributed by atoms with van der Waals surface area (Å²) in [5.41, 5.74) is 1.81. The predicted octanol–water partition coefficient (Wildman–Crippen LogP) is 3.23. The summed E-state index contributed by atoms with van der Waals surface area (Å²) < 4.78 is 2.54. The molecule has 1 amide bonds. The van der Waals surface area contributed by atoms with Crippen molar-refractivity contribution in [2.45, 2.75) is 33.7 Å². The lowest BCUT2D eigenvalue weighted by Crippen LogP contribution is -2.24. The Morgan fingerprint density at radius 1 is 1.42 bits per heavy atom. The fourth-order valence-corrected chi connectivity index (χ4v) is 2.62. The fourth-order valence-electron chi connectivity index (χ4n) is 1.51. The first-order chi connectivity index (χ1) is 8.88. The Labute approximate surface area is 124 Å². The molecule has 0 saturated heterocycles. The zero-order valence-corrected chi connectivity index (χ0v) is 13.6. The average molecular weight is 343 g/mol. The quantitative estimate of drug-likeness (QED) is 0.931. The van der Waals surface area contributed by atoms with E-state index in [0.29, 0.717) is 5.13 Å². The standard InChI is InChI=1S/C12H15BrN4OS/c1-6-9(4)19-12(14-6)15-11(18)8(3)17-5-10(13)7(2)16-17/h5,8H,1-4H3,(H,14,15,18). The van der Waals surface area contributed by atoms with Gasteiger partial charge in [0.1, 0.15) is 6.04 Å². The van der Waals surface area contributed by atoms with Crippen molar-refractivity contribution >= 4 is 38.3 Å². The summed E-state index contributed by atoms with van der Waals surface area (Å²) in [6.07, 6.45) is 1.80. The Hall–Kier alpha value is -1.21. The molecule has 102 valence electrons. The van der Waals surface area contributed by atoms with Crippen molar-refractivity contribution in [3.05, 3.63) is 26.9 Å². The van der Waals surface area contributed by atoms with Crippen molar-refractivity contribution in [2.75, 3.05) is 5.32 Å². The van der Waals surface area contributed by atoms with Gasteiger partial charge in [0.2, 0.25) is 0 Å². The van der Waals surface area contributed by atoms with Crippen molar-refractivity contribution in [1.82, 2.24) is 14.8 Å². The number of nitrogens with zero attached hydrogens (tertiary/aromatic N) is 3. The van der Waals surface area contributed by atoms with Gasteiger partial charge in [-0.1, -0.05) is 0 Å². The molecule has 2 aromatic heterocycles. The van der Waals surface area contributed by atoms with E-state index in [2.05, 4.69) is 31.3 Å². The molecular formula is C12H15BrN4OS. The summed E-state index contributed by atoms with van der Waals surface area (Å²) in [6, 6.07) is -0.380. The maximum atomic E-state index is 12.1. The van der Waals surface area contributed by atoms with Crippen LogP contribution in [0.1, 0.15) is 29.2 Å². The van der Waals surface area contributed by atoms with Crippen molar-refractivity contribution in [3.8, 4) is 0 Å². The second-order valence-corrected chi connectivity index (χ2v) is 6.43. The maximum Gasteiger partial charge on any atom is 0.250 e. The van der Waals surface area contributed by atoms with E-state index < -0.39 is 0 Å². The first-order valence-electron chi connectivity index (χ1n) is 5.84. The molecule has 0 saturated carbocycles. The smallest absolute Gasteiger partial charge is 0.250 e. The number of aryl methyl sites for hydroxylation is 3. The lowest BCUT2D eigenvalue weighted by atomic mass is 10.3. The van der Waals surface area contributed by atoms with Crippen LogP contribution in [0.15, 0.2) is 10.7 Å². The lowest BCUT2D eigenvalue weighted by Gasteiger charge is -2.10. The van der Waals surface area contributed by atoms with Crippen LogP contribution in [0.3, 0.4) is 0 Å². The van der Waals surface area contributed by atoms with Crippen molar-refractivity contribution in [2.24, 2.45) is 0 Å². The van der Waals surface area contributed by atoms with E-state index in [1.54, 1.807) is 10.9 Å². The van der Waals surface area contributed by atoms with Crippen LogP contribution < -0.4 is 5.32 Å². The van der Waals surface area contributed by atoms with E-state index >= 15 is 0 Å². The summed E-state index contributed by atoms with van der Waals surface area (Å²) >= 11 is 4.87. The highest BCUT2D eigenvalue weighted by Gasteiger charge is 2.18. The molecule has 5 nitrogen and oxygen atoms in total. The summed E-state index contributed by atoms with van der Waals surface area (Å²) in [4.78, 5) is 17.5. The Balaban J connectivity index is 2.11. The summed E-state index contributed by atoms with van der Waals surface area (Å²) in [5, 5.41) is 7.74. The highest BCUT2D eigenvalue weighted by atomic mass is 79.9. The van der Waals surface area contributed by atoms with Crippen LogP contribution in [0.4, 0.5) is 5.13 Å². The van der Waals surface area contributed by atoms with Crippen LogP contribution in [-0.2, 0) is 4.79 Å². The molecule has 2 heterocycles. The molecule has 0 aromatic carbocycles. The Morgan fingerprint density at radius 2 is 2.11 bits per heavy atom. The molecule has 0 fully saturated rings. The van der Waals surface area contributed by atoms with Gasteiger partial charge >= 0.3 is 0 Å². The number of aromatic nitrogens is 3. The van der Waals surface area contributed by atoms with Crippen LogP contribution in [0.2, 0.25) is 0 Å². The maximum absolute atomic E-state index is 12.1. The third kappa shape index (κ3) is 3.03. The number of amides is 1. The second-order valence-electron chi connectivity index (χ2n) is 4.37. The monoisotopic (exact) mass is 342 g/mol. The largest absolute Gasteiger partial charge is 0.300 e. The van der Waals surface area contributed by atoms with Gasteiger partial charge in [0.25, 0.3) is 5.91 Å². The number of anilines is 1. The molecule has 0 aliphatic heterocycles. The highest BCUT2D eigenvalue weighted by molar-refractivity contribution is 9.10. The van der Waals surface area contributed by atoms with Crippen LogP contribution in [0, 0.1) is 20.8 Å². The van der Waals surface area contributed by atoms with E-state index in [9.17, 15) is 4.79 Å². The summed E-state index contributed by atoms with van der Waals surface area (Å²) in [5.74, 6) is -0.122. The van der Waals surface area contributed by atoms with Crippen LogP contribution in [0.5, 0.6) is 0 Å². The van der Waals surface area contributed by atoms with Crippen molar-refractivity contribution < 1.29 is 4.79 Å². The van der Waals surface area contributed by atoms with Gasteiger partial charge in [0.15, 0.2) is 5.13 Å². The van der Waals surface area contributed by atoms with Gasteiger partial charge in [-0.3, -0.25) is 9.48 Å². The van der Waals surface area contributed by atoms with Gasteiger partial charge in [0, 0.05) is 11.1 Å². The molecule has 1 atom stereocenters. The molecular weight excluding hydrogens is 328 g/mol. The van der Waals surface area contributed by atoms with Crippen molar-refractivity contribution in [1.29, 1.82) is 0 Å². The van der Waals surface area contributed by atoms with Crippen LogP contribution >= 0.6 is 27.3 Å². The Bertz CT molecular complexity index is 580. The van der Waals surface area contributed by atoms with Crippen LogP contribution in [-0.4, -0.2) is 20.7 Å². The molecule has 0 spiro atoms. The third-order valence-electron chi connectivity index (χ3n) is 2.89. The van der Waals surface area contributed by atoms with Gasteiger partial charge in [-0.05, 0) is 43.6 Å². The zero-order valence-electron chi connectivity index (χ0n) is 11.2. The highest BCUT2D eigenvalue weighted by Crippen LogP contribution is 2.23. The van der Waals surface area contributed by atoms with E-state index in [0.717, 1.165) is 20.7 Å². The normalized spacial score (nSPS) is 12.5. The van der Waals surface area contributed by atoms with Crippen LogP contribution in [0.25, 0.3) is 0 Å². The van der Waals surface area contributed by atoms with E-state index in [4.69, 9.17) is 0 Å². The number of carbonyl (C=O) groups is 1. The second kappa shape index (κ2) is 5.42. The summed E-state index contributed by atoms with van der Waals surface area (Å²) in [7, 11) is 0. The van der Waals surface area contributed by atoms with Gasteiger partial charge in [-0.25, -0.2) is 4.98 Å². The van der Waals surface area contributed by atoms with E-state index in [1.807, 2.05) is 27.7 Å². The van der Waals surface area contributed by atoms with Gasteiger partial charge < -0.3 is 5.32 Å². The first-order valence-corrected chi connectivity index (χ1v) is 7.45. The molecule has 2 aromatic rings.